The third-order valence-electron chi connectivity index (χ3n) is 11.8. The van der Waals surface area contributed by atoms with Gasteiger partial charge in [0.25, 0.3) is 11.8 Å². The zero-order chi connectivity index (χ0) is 43.3. The summed E-state index contributed by atoms with van der Waals surface area (Å²) in [7, 11) is 3.59. The van der Waals surface area contributed by atoms with Crippen LogP contribution in [0.5, 0.6) is 23.0 Å². The highest BCUT2D eigenvalue weighted by atomic mass is 16.5. The van der Waals surface area contributed by atoms with Crippen molar-refractivity contribution in [2.24, 2.45) is 0 Å². The van der Waals surface area contributed by atoms with E-state index in [1.807, 2.05) is 52.0 Å². The largest absolute Gasteiger partial charge is 0.508 e. The molecule has 2 aliphatic heterocycles. The van der Waals surface area contributed by atoms with E-state index in [-0.39, 0.29) is 58.7 Å². The molecule has 316 valence electrons. The van der Waals surface area contributed by atoms with Gasteiger partial charge in [0.2, 0.25) is 11.5 Å². The van der Waals surface area contributed by atoms with Gasteiger partial charge < -0.3 is 45.0 Å². The summed E-state index contributed by atoms with van der Waals surface area (Å²) in [4.78, 5) is 31.5. The van der Waals surface area contributed by atoms with Gasteiger partial charge in [-0.05, 0) is 88.4 Å². The average molecular weight is 827 g/mol. The normalized spacial score (nSPS) is 14.3. The number of hydrogen-bond acceptors (Lipinski definition) is 12. The molecular formula is C47H50N6O8. The second kappa shape index (κ2) is 16.4. The number of fused-ring (bicyclic) bond motifs is 2. The van der Waals surface area contributed by atoms with Crippen molar-refractivity contribution >= 4 is 11.8 Å². The van der Waals surface area contributed by atoms with E-state index < -0.39 is 11.8 Å². The van der Waals surface area contributed by atoms with Gasteiger partial charge in [-0.3, -0.25) is 14.5 Å². The van der Waals surface area contributed by atoms with Crippen LogP contribution < -0.4 is 10.6 Å². The number of phenolic OH excluding ortho intramolecular Hbond substituents is 4. The third kappa shape index (κ3) is 7.80. The van der Waals surface area contributed by atoms with Gasteiger partial charge >= 0.3 is 0 Å². The number of aromatic hydroxyl groups is 4. The van der Waals surface area contributed by atoms with Crippen molar-refractivity contribution in [2.75, 3.05) is 33.9 Å². The Hall–Kier alpha value is -6.64. The predicted octanol–water partition coefficient (Wildman–Crippen LogP) is 7.49. The van der Waals surface area contributed by atoms with E-state index in [4.69, 9.17) is 9.05 Å². The SMILES string of the molecule is CNC(=O)c1onc(-c2cc(C(C)C)c(O)cc2O)c1-c1ccc2c(c1)CCN(CNC(=O)c1onc(-c3cc(C(C)C)c(O)cc3O)c1-c1ccc3c(c1)CCN(C)C3)C2. The van der Waals surface area contributed by atoms with E-state index in [0.29, 0.717) is 64.1 Å². The fourth-order valence-corrected chi connectivity index (χ4v) is 8.41. The monoisotopic (exact) mass is 826 g/mol. The number of rotatable bonds is 10. The Kier molecular flexibility index (Phi) is 11.1. The Balaban J connectivity index is 1.06. The molecule has 61 heavy (non-hydrogen) atoms. The number of likely N-dealkylation sites (N-methyl/N-ethyl adjacent to an activating group) is 1. The minimum Gasteiger partial charge on any atom is -0.508 e. The Morgan fingerprint density at radius 3 is 1.66 bits per heavy atom. The van der Waals surface area contributed by atoms with Crippen molar-refractivity contribution in [3.05, 3.63) is 106 Å². The molecule has 0 bridgehead atoms. The fourth-order valence-electron chi connectivity index (χ4n) is 8.41. The lowest BCUT2D eigenvalue weighted by atomic mass is 9.91. The van der Waals surface area contributed by atoms with E-state index in [1.54, 1.807) is 12.1 Å². The number of nitrogens with one attached hydrogen (secondary N) is 2. The maximum absolute atomic E-state index is 14.1. The summed E-state index contributed by atoms with van der Waals surface area (Å²) in [6.07, 6.45) is 1.48. The number of carbonyl (C=O) groups excluding carboxylic acids is 2. The summed E-state index contributed by atoms with van der Waals surface area (Å²) in [6.45, 7) is 10.8. The molecular weight excluding hydrogens is 777 g/mol. The van der Waals surface area contributed by atoms with E-state index >= 15 is 0 Å². The summed E-state index contributed by atoms with van der Waals surface area (Å²) in [5, 5.41) is 57.4. The van der Waals surface area contributed by atoms with E-state index in [0.717, 1.165) is 36.2 Å². The molecule has 2 aromatic heterocycles. The first-order valence-corrected chi connectivity index (χ1v) is 20.5. The number of nitrogens with zero attached hydrogens (tertiary/aromatic N) is 4. The van der Waals surface area contributed by atoms with Gasteiger partial charge in [0, 0.05) is 56.5 Å². The van der Waals surface area contributed by atoms with E-state index in [1.165, 1.54) is 30.3 Å². The lowest BCUT2D eigenvalue weighted by molar-refractivity contribution is 0.0880. The molecule has 4 heterocycles. The summed E-state index contributed by atoms with van der Waals surface area (Å²) in [5.41, 5.74) is 9.25. The van der Waals surface area contributed by atoms with Crippen molar-refractivity contribution in [2.45, 2.75) is 65.5 Å². The average Bonchev–Trinajstić information content (AvgIpc) is 3.88. The molecule has 8 rings (SSSR count). The van der Waals surface area contributed by atoms with Crippen LogP contribution in [0.1, 0.15) is 94.0 Å². The molecule has 14 nitrogen and oxygen atoms in total. The van der Waals surface area contributed by atoms with Crippen LogP contribution in [-0.2, 0) is 25.9 Å². The number of phenols is 4. The van der Waals surface area contributed by atoms with E-state index in [9.17, 15) is 30.0 Å². The molecule has 0 aliphatic carbocycles. The predicted molar refractivity (Wildman–Crippen MR) is 229 cm³/mol. The summed E-state index contributed by atoms with van der Waals surface area (Å²) >= 11 is 0. The number of benzene rings is 4. The van der Waals surface area contributed by atoms with Gasteiger partial charge in [-0.25, -0.2) is 0 Å². The molecule has 0 atom stereocenters. The third-order valence-corrected chi connectivity index (χ3v) is 11.8. The Morgan fingerprint density at radius 2 is 1.15 bits per heavy atom. The molecule has 6 aromatic rings. The second-order valence-electron chi connectivity index (χ2n) is 16.6. The number of hydrogen-bond donors (Lipinski definition) is 6. The molecule has 0 unspecified atom stereocenters. The van der Waals surface area contributed by atoms with E-state index in [2.05, 4.69) is 49.9 Å². The van der Waals surface area contributed by atoms with Crippen LogP contribution in [0.25, 0.3) is 44.8 Å². The molecule has 14 heteroatoms. The zero-order valence-corrected chi connectivity index (χ0v) is 35.1. The topological polar surface area (TPSA) is 198 Å². The lowest BCUT2D eigenvalue weighted by Crippen LogP contribution is -2.40. The van der Waals surface area contributed by atoms with Crippen molar-refractivity contribution in [3.63, 3.8) is 0 Å². The summed E-state index contributed by atoms with van der Waals surface area (Å²) in [5.74, 6) is -1.45. The van der Waals surface area contributed by atoms with Crippen LogP contribution in [0.2, 0.25) is 0 Å². The molecule has 6 N–H and O–H groups in total. The molecule has 0 saturated heterocycles. The fraction of sp³-hybridized carbons (Fsp3) is 0.319. The highest BCUT2D eigenvalue weighted by Gasteiger charge is 2.31. The van der Waals surface area contributed by atoms with Crippen molar-refractivity contribution in [1.29, 1.82) is 0 Å². The molecule has 2 aliphatic rings. The molecule has 0 saturated carbocycles. The second-order valence-corrected chi connectivity index (χ2v) is 16.6. The Bertz CT molecular complexity index is 2680. The van der Waals surface area contributed by atoms with Crippen LogP contribution in [0.3, 0.4) is 0 Å². The maximum atomic E-state index is 14.1. The van der Waals surface area contributed by atoms with Gasteiger partial charge in [0.15, 0.2) is 0 Å². The highest BCUT2D eigenvalue weighted by molar-refractivity contribution is 6.03. The van der Waals surface area contributed by atoms with Crippen LogP contribution >= 0.6 is 0 Å². The first-order chi connectivity index (χ1) is 29.2. The molecule has 0 radical (unpaired) electrons. The smallest absolute Gasteiger partial charge is 0.291 e. The number of carbonyl (C=O) groups is 2. The first-order valence-electron chi connectivity index (χ1n) is 20.5. The van der Waals surface area contributed by atoms with Gasteiger partial charge in [-0.2, -0.15) is 0 Å². The lowest BCUT2D eigenvalue weighted by Gasteiger charge is -2.29. The van der Waals surface area contributed by atoms with Crippen LogP contribution in [0.4, 0.5) is 0 Å². The minimum atomic E-state index is -0.475. The number of aromatic nitrogens is 2. The molecule has 0 spiro atoms. The Labute approximate surface area is 353 Å². The zero-order valence-electron chi connectivity index (χ0n) is 35.1. The standard InChI is InChI=1S/C47H50N6O8/c1-24(2)32-17-34(38(56)19-36(32)54)42-40(44(60-50-42)46(58)48-5)28-8-10-31-22-53(14-12-27(31)16-28)23-49-47(59)45-41(29-7-9-30-21-52(6)13-11-26(30)15-29)43(51-61-45)35-18-33(25(3)4)37(55)20-39(35)57/h7-10,15-20,24-25,54-57H,11-14,21-23H2,1-6H3,(H,48,58)(H,49,59). The number of amides is 2. The summed E-state index contributed by atoms with van der Waals surface area (Å²) < 4.78 is 11.4. The van der Waals surface area contributed by atoms with Gasteiger partial charge in [-0.1, -0.05) is 74.4 Å². The van der Waals surface area contributed by atoms with Crippen molar-refractivity contribution in [3.8, 4) is 67.8 Å². The first kappa shape index (κ1) is 41.1. The van der Waals surface area contributed by atoms with Gasteiger partial charge in [0.05, 0.1) is 17.8 Å². The highest BCUT2D eigenvalue weighted by Crippen LogP contribution is 2.45. The molecule has 4 aromatic carbocycles. The summed E-state index contributed by atoms with van der Waals surface area (Å²) in [6, 6.07) is 17.9. The quantitative estimate of drug-likeness (QED) is 0.0797. The van der Waals surface area contributed by atoms with Crippen molar-refractivity contribution in [1.82, 2.24) is 30.7 Å². The molecule has 2 amide bonds. The van der Waals surface area contributed by atoms with Crippen LogP contribution in [-0.4, -0.2) is 86.2 Å². The molecule has 0 fully saturated rings. The van der Waals surface area contributed by atoms with Gasteiger partial charge in [0.1, 0.15) is 34.4 Å². The maximum Gasteiger partial charge on any atom is 0.291 e. The van der Waals surface area contributed by atoms with Crippen LogP contribution in [0, 0.1) is 0 Å². The Morgan fingerprint density at radius 1 is 0.656 bits per heavy atom. The van der Waals surface area contributed by atoms with Crippen molar-refractivity contribution < 1.29 is 39.1 Å². The van der Waals surface area contributed by atoms with Gasteiger partial charge in [-0.15, -0.1) is 0 Å². The minimum absolute atomic E-state index is 0.00455. The van der Waals surface area contributed by atoms with Crippen LogP contribution in [0.15, 0.2) is 69.7 Å².